The van der Waals surface area contributed by atoms with Crippen molar-refractivity contribution < 1.29 is 18.7 Å². The number of oxazole rings is 1. The first-order chi connectivity index (χ1) is 11.7. The van der Waals surface area contributed by atoms with Gasteiger partial charge in [-0.1, -0.05) is 19.8 Å². The molecule has 0 radical (unpaired) electrons. The SMILES string of the molecule is CCc1ocnc1C(=O)N1CCCCC[C@H]1C[C@H](O)c1ccco1. The zero-order valence-electron chi connectivity index (χ0n) is 14.0. The largest absolute Gasteiger partial charge is 0.467 e. The van der Waals surface area contributed by atoms with Crippen molar-refractivity contribution in [2.24, 2.45) is 0 Å². The number of nitrogens with zero attached hydrogens (tertiary/aromatic N) is 2. The van der Waals surface area contributed by atoms with Crippen molar-refractivity contribution in [3.05, 3.63) is 42.0 Å². The fourth-order valence-corrected chi connectivity index (χ4v) is 3.38. The van der Waals surface area contributed by atoms with Gasteiger partial charge >= 0.3 is 0 Å². The summed E-state index contributed by atoms with van der Waals surface area (Å²) in [5.74, 6) is 1.07. The minimum atomic E-state index is -0.707. The highest BCUT2D eigenvalue weighted by Crippen LogP contribution is 2.28. The average molecular weight is 332 g/mol. The van der Waals surface area contributed by atoms with Crippen molar-refractivity contribution in [1.29, 1.82) is 0 Å². The Morgan fingerprint density at radius 3 is 3.04 bits per heavy atom. The molecule has 130 valence electrons. The molecule has 0 aliphatic carbocycles. The van der Waals surface area contributed by atoms with Crippen molar-refractivity contribution >= 4 is 5.91 Å². The van der Waals surface area contributed by atoms with Gasteiger partial charge < -0.3 is 18.8 Å². The Morgan fingerprint density at radius 1 is 1.42 bits per heavy atom. The lowest BCUT2D eigenvalue weighted by Gasteiger charge is -2.30. The highest BCUT2D eigenvalue weighted by atomic mass is 16.4. The van der Waals surface area contributed by atoms with E-state index in [1.54, 1.807) is 18.4 Å². The van der Waals surface area contributed by atoms with Crippen molar-refractivity contribution in [1.82, 2.24) is 9.88 Å². The summed E-state index contributed by atoms with van der Waals surface area (Å²) in [6, 6.07) is 3.50. The summed E-state index contributed by atoms with van der Waals surface area (Å²) in [7, 11) is 0. The van der Waals surface area contributed by atoms with Gasteiger partial charge in [-0.3, -0.25) is 4.79 Å². The van der Waals surface area contributed by atoms with E-state index in [9.17, 15) is 9.90 Å². The molecule has 1 aliphatic heterocycles. The van der Waals surface area contributed by atoms with E-state index in [0.717, 1.165) is 25.7 Å². The number of aryl methyl sites for hydroxylation is 1. The first-order valence-corrected chi connectivity index (χ1v) is 8.65. The molecule has 0 unspecified atom stereocenters. The Hall–Kier alpha value is -2.08. The highest BCUT2D eigenvalue weighted by molar-refractivity contribution is 5.93. The zero-order valence-corrected chi connectivity index (χ0v) is 14.0. The second kappa shape index (κ2) is 7.66. The number of aliphatic hydroxyl groups excluding tert-OH is 1. The number of aliphatic hydroxyl groups is 1. The molecule has 1 saturated heterocycles. The van der Waals surface area contributed by atoms with E-state index in [1.165, 1.54) is 6.39 Å². The first-order valence-electron chi connectivity index (χ1n) is 8.65. The van der Waals surface area contributed by atoms with Crippen molar-refractivity contribution in [2.75, 3.05) is 6.54 Å². The van der Waals surface area contributed by atoms with Gasteiger partial charge in [0, 0.05) is 25.4 Å². The Labute approximate surface area is 141 Å². The number of carbonyl (C=O) groups excluding carboxylic acids is 1. The van der Waals surface area contributed by atoms with Crippen LogP contribution in [0.4, 0.5) is 0 Å². The zero-order chi connectivity index (χ0) is 16.9. The number of hydrogen-bond donors (Lipinski definition) is 1. The van der Waals surface area contributed by atoms with Gasteiger partial charge in [-0.05, 0) is 25.0 Å². The number of carbonyl (C=O) groups is 1. The predicted molar refractivity (Wildman–Crippen MR) is 87.5 cm³/mol. The molecule has 2 atom stereocenters. The Kier molecular flexibility index (Phi) is 5.35. The van der Waals surface area contributed by atoms with Crippen molar-refractivity contribution in [3.8, 4) is 0 Å². The Balaban J connectivity index is 1.78. The summed E-state index contributed by atoms with van der Waals surface area (Å²) in [4.78, 5) is 18.9. The number of hydrogen-bond acceptors (Lipinski definition) is 5. The molecule has 1 aliphatic rings. The van der Waals surface area contributed by atoms with Crippen LogP contribution in [-0.4, -0.2) is 33.5 Å². The smallest absolute Gasteiger partial charge is 0.276 e. The van der Waals surface area contributed by atoms with Gasteiger partial charge in [-0.2, -0.15) is 0 Å². The fraction of sp³-hybridized carbons (Fsp3) is 0.556. The molecule has 0 aromatic carbocycles. The number of amides is 1. The molecule has 6 heteroatoms. The van der Waals surface area contributed by atoms with Gasteiger partial charge in [0.2, 0.25) is 0 Å². The van der Waals surface area contributed by atoms with Crippen LogP contribution in [0, 0.1) is 0 Å². The number of rotatable bonds is 5. The van der Waals surface area contributed by atoms with Gasteiger partial charge in [0.15, 0.2) is 12.1 Å². The van der Waals surface area contributed by atoms with E-state index in [2.05, 4.69) is 4.98 Å². The van der Waals surface area contributed by atoms with E-state index < -0.39 is 6.10 Å². The molecule has 3 rings (SSSR count). The summed E-state index contributed by atoms with van der Waals surface area (Å²) in [5, 5.41) is 10.4. The average Bonchev–Trinajstić information content (AvgIpc) is 3.23. The van der Waals surface area contributed by atoms with Crippen molar-refractivity contribution in [3.63, 3.8) is 0 Å². The maximum atomic E-state index is 13.0. The Bertz CT molecular complexity index is 650. The normalized spacial score (nSPS) is 19.9. The lowest BCUT2D eigenvalue weighted by atomic mass is 10.0. The molecule has 1 amide bonds. The maximum absolute atomic E-state index is 13.0. The molecule has 2 aromatic rings. The molecule has 0 saturated carbocycles. The van der Waals surface area contributed by atoms with E-state index in [4.69, 9.17) is 8.83 Å². The molecular formula is C18H24N2O4. The standard InChI is InChI=1S/C18H24N2O4/c1-2-15-17(19-12-24-15)18(22)20-9-5-3-4-7-13(20)11-14(21)16-8-6-10-23-16/h6,8,10,12-14,21H,2-5,7,9,11H2,1H3/t13-,14-/m0/s1. The molecule has 24 heavy (non-hydrogen) atoms. The molecule has 1 N–H and O–H groups in total. The van der Waals surface area contributed by atoms with Gasteiger partial charge in [-0.25, -0.2) is 4.98 Å². The van der Waals surface area contributed by atoms with E-state index in [1.807, 2.05) is 11.8 Å². The van der Waals surface area contributed by atoms with Gasteiger partial charge in [-0.15, -0.1) is 0 Å². The lowest BCUT2D eigenvalue weighted by molar-refractivity contribution is 0.0551. The predicted octanol–water partition coefficient (Wildman–Crippen LogP) is 3.34. The van der Waals surface area contributed by atoms with Crippen molar-refractivity contribution in [2.45, 2.75) is 57.6 Å². The van der Waals surface area contributed by atoms with Crippen LogP contribution in [-0.2, 0) is 6.42 Å². The lowest BCUT2D eigenvalue weighted by Crippen LogP contribution is -2.41. The second-order valence-corrected chi connectivity index (χ2v) is 6.25. The van der Waals surface area contributed by atoms with Crippen LogP contribution >= 0.6 is 0 Å². The minimum absolute atomic E-state index is 0.0264. The van der Waals surface area contributed by atoms with E-state index >= 15 is 0 Å². The third-order valence-electron chi connectivity index (χ3n) is 4.67. The van der Waals surface area contributed by atoms with Gasteiger partial charge in [0.05, 0.1) is 6.26 Å². The van der Waals surface area contributed by atoms with Gasteiger partial charge in [0.1, 0.15) is 17.6 Å². The van der Waals surface area contributed by atoms with Crippen LogP contribution < -0.4 is 0 Å². The summed E-state index contributed by atoms with van der Waals surface area (Å²) in [6.07, 6.45) is 7.28. The highest BCUT2D eigenvalue weighted by Gasteiger charge is 2.31. The topological polar surface area (TPSA) is 79.7 Å². The van der Waals surface area contributed by atoms with E-state index in [-0.39, 0.29) is 11.9 Å². The summed E-state index contributed by atoms with van der Waals surface area (Å²) in [5.41, 5.74) is 0.400. The summed E-state index contributed by atoms with van der Waals surface area (Å²) < 4.78 is 10.6. The summed E-state index contributed by atoms with van der Waals surface area (Å²) >= 11 is 0. The minimum Gasteiger partial charge on any atom is -0.467 e. The Morgan fingerprint density at radius 2 is 2.29 bits per heavy atom. The second-order valence-electron chi connectivity index (χ2n) is 6.25. The van der Waals surface area contributed by atoms with Gasteiger partial charge in [0.25, 0.3) is 5.91 Å². The number of furan rings is 1. The van der Waals surface area contributed by atoms with Crippen LogP contribution in [0.5, 0.6) is 0 Å². The molecule has 0 bridgehead atoms. The maximum Gasteiger partial charge on any atom is 0.276 e. The van der Waals surface area contributed by atoms with Crippen LogP contribution in [0.15, 0.2) is 33.6 Å². The summed E-state index contributed by atoms with van der Waals surface area (Å²) in [6.45, 7) is 2.63. The fourth-order valence-electron chi connectivity index (χ4n) is 3.38. The third kappa shape index (κ3) is 3.53. The van der Waals surface area contributed by atoms with E-state index in [0.29, 0.717) is 36.6 Å². The molecule has 0 spiro atoms. The number of likely N-dealkylation sites (tertiary alicyclic amines) is 1. The third-order valence-corrected chi connectivity index (χ3v) is 4.67. The molecular weight excluding hydrogens is 308 g/mol. The monoisotopic (exact) mass is 332 g/mol. The van der Waals surface area contributed by atoms with Crippen LogP contribution in [0.25, 0.3) is 0 Å². The number of aromatic nitrogens is 1. The first kappa shape index (κ1) is 16.8. The van der Waals surface area contributed by atoms with Crippen LogP contribution in [0.1, 0.15) is 67.1 Å². The molecule has 6 nitrogen and oxygen atoms in total. The molecule has 2 aromatic heterocycles. The quantitative estimate of drug-likeness (QED) is 0.908. The molecule has 1 fully saturated rings. The van der Waals surface area contributed by atoms with Crippen LogP contribution in [0.3, 0.4) is 0 Å². The van der Waals surface area contributed by atoms with Crippen LogP contribution in [0.2, 0.25) is 0 Å². The molecule has 3 heterocycles.